The number of nitrogens with zero attached hydrogens (tertiary/aromatic N) is 3. The average Bonchev–Trinajstić information content (AvgIpc) is 3.06. The first-order chi connectivity index (χ1) is 14.9. The van der Waals surface area contributed by atoms with Crippen molar-refractivity contribution in [1.29, 1.82) is 0 Å². The van der Waals surface area contributed by atoms with Crippen molar-refractivity contribution in [2.45, 2.75) is 33.5 Å². The molecular formula is C22H25N5O3S. The number of carbonyl (C=O) groups excluding carboxylic acids is 2. The predicted octanol–water partition coefficient (Wildman–Crippen LogP) is 3.32. The Morgan fingerprint density at radius 3 is 2.55 bits per heavy atom. The van der Waals surface area contributed by atoms with E-state index in [1.165, 1.54) is 4.68 Å². The van der Waals surface area contributed by atoms with E-state index in [4.69, 9.17) is 17.0 Å². The van der Waals surface area contributed by atoms with Crippen LogP contribution in [0, 0.1) is 11.7 Å². The number of carbonyl (C=O) groups is 2. The molecule has 31 heavy (non-hydrogen) atoms. The van der Waals surface area contributed by atoms with Crippen LogP contribution in [0.15, 0.2) is 48.5 Å². The van der Waals surface area contributed by atoms with E-state index in [1.54, 1.807) is 29.9 Å². The summed E-state index contributed by atoms with van der Waals surface area (Å²) < 4.78 is 8.93. The summed E-state index contributed by atoms with van der Waals surface area (Å²) in [4.78, 5) is 25.1. The second kappa shape index (κ2) is 10.0. The molecule has 3 aromatic rings. The Bertz CT molecular complexity index is 1150. The second-order valence-electron chi connectivity index (χ2n) is 6.85. The molecule has 3 rings (SSSR count). The van der Waals surface area contributed by atoms with Crippen LogP contribution in [0.3, 0.4) is 0 Å². The lowest BCUT2D eigenvalue weighted by atomic mass is 10.1. The molecule has 0 atom stereocenters. The summed E-state index contributed by atoms with van der Waals surface area (Å²) in [5, 5.41) is 10.2. The van der Waals surface area contributed by atoms with E-state index < -0.39 is 0 Å². The maximum atomic E-state index is 12.5. The Kier molecular flexibility index (Phi) is 7.19. The molecule has 0 aliphatic heterocycles. The first kappa shape index (κ1) is 22.2. The summed E-state index contributed by atoms with van der Waals surface area (Å²) in [6.07, 6.45) is 0. The standard InChI is InChI=1S/C22H25N5O3S/c1-4-26-19(13-23-21(29)16-10-6-5-9-15(16)2)25-27(22(26)31)14-20(28)24-17-11-7-8-12-18(17)30-3/h5-12H,4,13-14H2,1-3H3,(H,23,29)(H,24,28). The van der Waals surface area contributed by atoms with Gasteiger partial charge >= 0.3 is 0 Å². The van der Waals surface area contributed by atoms with E-state index in [0.29, 0.717) is 34.1 Å². The van der Waals surface area contributed by atoms with Gasteiger partial charge in [0.25, 0.3) is 5.91 Å². The van der Waals surface area contributed by atoms with Crippen molar-refractivity contribution in [2.75, 3.05) is 12.4 Å². The molecule has 0 unspecified atom stereocenters. The third-order valence-corrected chi connectivity index (χ3v) is 5.22. The van der Waals surface area contributed by atoms with Crippen LogP contribution in [-0.2, 0) is 24.4 Å². The van der Waals surface area contributed by atoms with Gasteiger partial charge in [-0.1, -0.05) is 30.3 Å². The molecule has 162 valence electrons. The van der Waals surface area contributed by atoms with Crippen LogP contribution in [0.1, 0.15) is 28.7 Å². The van der Waals surface area contributed by atoms with Crippen LogP contribution in [0.2, 0.25) is 0 Å². The van der Waals surface area contributed by atoms with E-state index in [-0.39, 0.29) is 24.9 Å². The Morgan fingerprint density at radius 2 is 1.84 bits per heavy atom. The fourth-order valence-corrected chi connectivity index (χ4v) is 3.53. The first-order valence-electron chi connectivity index (χ1n) is 9.87. The largest absolute Gasteiger partial charge is 0.495 e. The summed E-state index contributed by atoms with van der Waals surface area (Å²) in [5.74, 6) is 0.685. The zero-order valence-corrected chi connectivity index (χ0v) is 18.5. The number of hydrogen-bond acceptors (Lipinski definition) is 5. The average molecular weight is 440 g/mol. The molecule has 0 saturated heterocycles. The lowest BCUT2D eigenvalue weighted by Gasteiger charge is -2.09. The van der Waals surface area contributed by atoms with Gasteiger partial charge in [-0.25, -0.2) is 4.68 Å². The van der Waals surface area contributed by atoms with Crippen LogP contribution in [0.4, 0.5) is 5.69 Å². The fourth-order valence-electron chi connectivity index (χ4n) is 3.19. The number of amides is 2. The van der Waals surface area contributed by atoms with Gasteiger partial charge in [0.2, 0.25) is 5.91 Å². The van der Waals surface area contributed by atoms with E-state index in [1.807, 2.05) is 44.2 Å². The number of rotatable bonds is 8. The molecule has 2 aromatic carbocycles. The van der Waals surface area contributed by atoms with E-state index >= 15 is 0 Å². The zero-order valence-electron chi connectivity index (χ0n) is 17.7. The van der Waals surface area contributed by atoms with Crippen LogP contribution in [0.5, 0.6) is 5.75 Å². The van der Waals surface area contributed by atoms with E-state index in [2.05, 4.69) is 15.7 Å². The number of ether oxygens (including phenoxy) is 1. The Labute approximate surface area is 185 Å². The first-order valence-corrected chi connectivity index (χ1v) is 10.3. The van der Waals surface area contributed by atoms with Crippen molar-refractivity contribution in [2.24, 2.45) is 0 Å². The van der Waals surface area contributed by atoms with Gasteiger partial charge in [-0.3, -0.25) is 9.59 Å². The summed E-state index contributed by atoms with van der Waals surface area (Å²) in [7, 11) is 1.54. The number of nitrogens with one attached hydrogen (secondary N) is 2. The third-order valence-electron chi connectivity index (χ3n) is 4.79. The Morgan fingerprint density at radius 1 is 1.13 bits per heavy atom. The molecule has 0 radical (unpaired) electrons. The van der Waals surface area contributed by atoms with Crippen LogP contribution in [-0.4, -0.2) is 33.3 Å². The second-order valence-corrected chi connectivity index (χ2v) is 7.21. The minimum absolute atomic E-state index is 0.0530. The van der Waals surface area contributed by atoms with Crippen LogP contribution < -0.4 is 15.4 Å². The maximum Gasteiger partial charge on any atom is 0.251 e. The van der Waals surface area contributed by atoms with Gasteiger partial charge in [-0.05, 0) is 49.8 Å². The summed E-state index contributed by atoms with van der Waals surface area (Å²) in [6.45, 7) is 4.54. The van der Waals surface area contributed by atoms with Crippen molar-refractivity contribution >= 4 is 29.7 Å². The minimum atomic E-state index is -0.281. The van der Waals surface area contributed by atoms with Gasteiger partial charge in [0.15, 0.2) is 10.6 Å². The molecule has 0 bridgehead atoms. The molecule has 1 aromatic heterocycles. The van der Waals surface area contributed by atoms with Gasteiger partial charge in [-0.2, -0.15) is 5.10 Å². The molecule has 2 amide bonds. The molecule has 9 heteroatoms. The topological polar surface area (TPSA) is 90.2 Å². The molecule has 0 aliphatic rings. The van der Waals surface area contributed by atoms with E-state index in [9.17, 15) is 9.59 Å². The van der Waals surface area contributed by atoms with Crippen molar-refractivity contribution in [3.05, 3.63) is 70.3 Å². The van der Waals surface area contributed by atoms with Crippen LogP contribution in [0.25, 0.3) is 0 Å². The summed E-state index contributed by atoms with van der Waals surface area (Å²) >= 11 is 5.48. The quantitative estimate of drug-likeness (QED) is 0.526. The minimum Gasteiger partial charge on any atom is -0.495 e. The number of aryl methyl sites for hydroxylation is 1. The number of anilines is 1. The van der Waals surface area contributed by atoms with E-state index in [0.717, 1.165) is 5.56 Å². The summed E-state index contributed by atoms with van der Waals surface area (Å²) in [6, 6.07) is 14.5. The van der Waals surface area contributed by atoms with Crippen molar-refractivity contribution < 1.29 is 14.3 Å². The monoisotopic (exact) mass is 439 g/mol. The smallest absolute Gasteiger partial charge is 0.251 e. The molecular weight excluding hydrogens is 414 g/mol. The number of hydrogen-bond donors (Lipinski definition) is 2. The van der Waals surface area contributed by atoms with Crippen molar-refractivity contribution in [3.8, 4) is 5.75 Å². The van der Waals surface area contributed by atoms with Crippen molar-refractivity contribution in [3.63, 3.8) is 0 Å². The van der Waals surface area contributed by atoms with Crippen molar-refractivity contribution in [1.82, 2.24) is 19.7 Å². The highest BCUT2D eigenvalue weighted by Gasteiger charge is 2.15. The van der Waals surface area contributed by atoms with Gasteiger partial charge < -0.3 is 19.9 Å². The molecule has 0 fully saturated rings. The lowest BCUT2D eigenvalue weighted by Crippen LogP contribution is -2.25. The highest BCUT2D eigenvalue weighted by atomic mass is 32.1. The maximum absolute atomic E-state index is 12.5. The Hall–Kier alpha value is -3.46. The highest BCUT2D eigenvalue weighted by molar-refractivity contribution is 7.71. The fraction of sp³-hybridized carbons (Fsp3) is 0.273. The predicted molar refractivity (Wildman–Crippen MR) is 121 cm³/mol. The number of aromatic nitrogens is 3. The molecule has 0 aliphatic carbocycles. The SMILES string of the molecule is CCn1c(CNC(=O)c2ccccc2C)nn(CC(=O)Nc2ccccc2OC)c1=S. The summed E-state index contributed by atoms with van der Waals surface area (Å²) in [5.41, 5.74) is 2.08. The van der Waals surface area contributed by atoms with Gasteiger partial charge in [0.1, 0.15) is 12.3 Å². The molecule has 1 heterocycles. The number of benzene rings is 2. The molecule has 0 saturated carbocycles. The normalized spacial score (nSPS) is 10.5. The lowest BCUT2D eigenvalue weighted by molar-refractivity contribution is -0.117. The molecule has 2 N–H and O–H groups in total. The van der Waals surface area contributed by atoms with Gasteiger partial charge in [0.05, 0.1) is 19.3 Å². The molecule has 0 spiro atoms. The van der Waals surface area contributed by atoms with Gasteiger partial charge in [-0.15, -0.1) is 0 Å². The zero-order chi connectivity index (χ0) is 22.4. The molecule has 8 nitrogen and oxygen atoms in total. The van der Waals surface area contributed by atoms with Crippen LogP contribution >= 0.6 is 12.2 Å². The van der Waals surface area contributed by atoms with Gasteiger partial charge in [0, 0.05) is 12.1 Å². The Balaban J connectivity index is 1.72. The number of para-hydroxylation sites is 2. The third kappa shape index (κ3) is 5.18. The highest BCUT2D eigenvalue weighted by Crippen LogP contribution is 2.22. The number of methoxy groups -OCH3 is 1.